The molecular formula is C15H20N2O4. The van der Waals surface area contributed by atoms with E-state index < -0.39 is 24.0 Å². The van der Waals surface area contributed by atoms with E-state index >= 15 is 0 Å². The molecule has 0 aliphatic rings. The lowest BCUT2D eigenvalue weighted by molar-refractivity contribution is -0.130. The van der Waals surface area contributed by atoms with Gasteiger partial charge in [-0.05, 0) is 31.9 Å². The fourth-order valence-electron chi connectivity index (χ4n) is 1.96. The number of urea groups is 1. The van der Waals surface area contributed by atoms with Crippen molar-refractivity contribution >= 4 is 17.9 Å². The van der Waals surface area contributed by atoms with Crippen LogP contribution in [-0.2, 0) is 9.53 Å². The highest BCUT2D eigenvalue weighted by molar-refractivity contribution is 5.98. The van der Waals surface area contributed by atoms with Crippen molar-refractivity contribution < 1.29 is 19.1 Å². The first-order valence-corrected chi connectivity index (χ1v) is 6.60. The molecule has 1 aromatic rings. The summed E-state index contributed by atoms with van der Waals surface area (Å²) in [5.41, 5.74) is 7.11. The molecule has 0 spiro atoms. The van der Waals surface area contributed by atoms with Crippen molar-refractivity contribution in [3.63, 3.8) is 0 Å². The van der Waals surface area contributed by atoms with E-state index in [4.69, 9.17) is 10.5 Å². The molecule has 6 nitrogen and oxygen atoms in total. The van der Waals surface area contributed by atoms with Crippen LogP contribution in [0.5, 0.6) is 0 Å². The van der Waals surface area contributed by atoms with E-state index in [1.165, 1.54) is 0 Å². The predicted octanol–water partition coefficient (Wildman–Crippen LogP) is 1.68. The Hall–Kier alpha value is -2.37. The lowest BCUT2D eigenvalue weighted by Gasteiger charge is -2.20. The molecule has 1 atom stereocenters. The van der Waals surface area contributed by atoms with Crippen LogP contribution in [-0.4, -0.2) is 24.0 Å². The van der Waals surface area contributed by atoms with Gasteiger partial charge in [0.1, 0.15) is 0 Å². The summed E-state index contributed by atoms with van der Waals surface area (Å²) in [6, 6.07) is 4.31. The lowest BCUT2D eigenvalue weighted by Crippen LogP contribution is -2.45. The quantitative estimate of drug-likeness (QED) is 0.825. The average molecular weight is 292 g/mol. The zero-order valence-corrected chi connectivity index (χ0v) is 12.6. The largest absolute Gasteiger partial charge is 0.448 e. The van der Waals surface area contributed by atoms with Crippen molar-refractivity contribution in [2.45, 2.75) is 33.8 Å². The highest BCUT2D eigenvalue weighted by Crippen LogP contribution is 2.14. The maximum Gasteiger partial charge on any atom is 0.338 e. The number of rotatable bonds is 4. The summed E-state index contributed by atoms with van der Waals surface area (Å²) in [4.78, 5) is 34.7. The molecule has 3 amide bonds. The molecule has 0 saturated carbocycles. The van der Waals surface area contributed by atoms with Gasteiger partial charge in [-0.25, -0.2) is 9.59 Å². The molecule has 1 rings (SSSR count). The third-order valence-corrected chi connectivity index (χ3v) is 2.80. The monoisotopic (exact) mass is 292 g/mol. The number of ether oxygens (including phenoxy) is 1. The van der Waals surface area contributed by atoms with Crippen molar-refractivity contribution in [2.24, 2.45) is 11.7 Å². The van der Waals surface area contributed by atoms with Crippen LogP contribution >= 0.6 is 0 Å². The van der Waals surface area contributed by atoms with Crippen LogP contribution < -0.4 is 11.1 Å². The molecule has 0 unspecified atom stereocenters. The van der Waals surface area contributed by atoms with Crippen LogP contribution in [0.2, 0.25) is 0 Å². The van der Waals surface area contributed by atoms with Gasteiger partial charge in [0.15, 0.2) is 6.10 Å². The maximum absolute atomic E-state index is 12.1. The number of carbonyl (C=O) groups is 3. The lowest BCUT2D eigenvalue weighted by atomic mass is 10.1. The second kappa shape index (κ2) is 6.88. The fraction of sp³-hybridized carbons (Fsp3) is 0.400. The van der Waals surface area contributed by atoms with Crippen molar-refractivity contribution in [1.29, 1.82) is 0 Å². The summed E-state index contributed by atoms with van der Waals surface area (Å²) in [6.07, 6.45) is -1.08. The normalized spacial score (nSPS) is 11.9. The first-order valence-electron chi connectivity index (χ1n) is 6.60. The van der Waals surface area contributed by atoms with E-state index in [2.05, 4.69) is 0 Å². The minimum atomic E-state index is -1.08. The Balaban J connectivity index is 2.90. The molecule has 0 aliphatic carbocycles. The summed E-state index contributed by atoms with van der Waals surface area (Å²) >= 11 is 0. The summed E-state index contributed by atoms with van der Waals surface area (Å²) in [5, 5.41) is 1.93. The number of amides is 3. The Morgan fingerprint density at radius 2 is 1.62 bits per heavy atom. The maximum atomic E-state index is 12.1. The number of imide groups is 1. The molecule has 21 heavy (non-hydrogen) atoms. The zero-order valence-electron chi connectivity index (χ0n) is 12.6. The molecule has 0 fully saturated rings. The van der Waals surface area contributed by atoms with Crippen molar-refractivity contribution in [2.75, 3.05) is 0 Å². The summed E-state index contributed by atoms with van der Waals surface area (Å²) < 4.78 is 5.21. The minimum absolute atomic E-state index is 0.292. The van der Waals surface area contributed by atoms with Crippen LogP contribution in [0.1, 0.15) is 35.3 Å². The Morgan fingerprint density at radius 3 is 2.05 bits per heavy atom. The van der Waals surface area contributed by atoms with Gasteiger partial charge in [0, 0.05) is 0 Å². The molecule has 0 heterocycles. The first-order chi connectivity index (χ1) is 9.70. The molecule has 0 radical (unpaired) electrons. The van der Waals surface area contributed by atoms with Gasteiger partial charge < -0.3 is 10.5 Å². The molecule has 3 N–H and O–H groups in total. The van der Waals surface area contributed by atoms with E-state index in [1.54, 1.807) is 26.0 Å². The topological polar surface area (TPSA) is 98.5 Å². The van der Waals surface area contributed by atoms with Gasteiger partial charge in [-0.15, -0.1) is 0 Å². The van der Waals surface area contributed by atoms with Crippen LogP contribution in [0.3, 0.4) is 0 Å². The Morgan fingerprint density at radius 1 is 1.10 bits per heavy atom. The van der Waals surface area contributed by atoms with E-state index in [0.29, 0.717) is 5.56 Å². The number of nitrogens with two attached hydrogens (primary N) is 1. The average Bonchev–Trinajstić information content (AvgIpc) is 2.32. The minimum Gasteiger partial charge on any atom is -0.448 e. The van der Waals surface area contributed by atoms with Gasteiger partial charge in [-0.3, -0.25) is 10.1 Å². The molecule has 6 heteroatoms. The summed E-state index contributed by atoms with van der Waals surface area (Å²) in [6.45, 7) is 7.15. The molecule has 1 aromatic carbocycles. The van der Waals surface area contributed by atoms with Crippen LogP contribution in [0.15, 0.2) is 18.2 Å². The number of benzene rings is 1. The Kier molecular flexibility index (Phi) is 5.46. The Labute approximate surface area is 123 Å². The zero-order chi connectivity index (χ0) is 16.2. The number of esters is 1. The van der Waals surface area contributed by atoms with Crippen LogP contribution in [0, 0.1) is 19.8 Å². The highest BCUT2D eigenvalue weighted by Gasteiger charge is 2.27. The number of aryl methyl sites for hydroxylation is 2. The van der Waals surface area contributed by atoms with E-state index in [-0.39, 0.29) is 5.92 Å². The number of nitrogens with one attached hydrogen (secondary N) is 1. The van der Waals surface area contributed by atoms with Gasteiger partial charge >= 0.3 is 12.0 Å². The van der Waals surface area contributed by atoms with Crippen molar-refractivity contribution in [3.8, 4) is 0 Å². The van der Waals surface area contributed by atoms with E-state index in [9.17, 15) is 14.4 Å². The fourth-order valence-corrected chi connectivity index (χ4v) is 1.96. The first kappa shape index (κ1) is 16.7. The standard InChI is InChI=1S/C15H20N2O4/c1-8(2)12(13(18)17-15(16)20)21-14(19)11-6-9(3)5-10(4)7-11/h5-8,12H,1-4H3,(H3,16,17,18,20)/t12-/m1/s1. The van der Waals surface area contributed by atoms with Crippen LogP contribution in [0.4, 0.5) is 4.79 Å². The molecular weight excluding hydrogens is 272 g/mol. The number of hydrogen-bond donors (Lipinski definition) is 2. The second-order valence-electron chi connectivity index (χ2n) is 5.30. The van der Waals surface area contributed by atoms with Crippen molar-refractivity contribution in [3.05, 3.63) is 34.9 Å². The van der Waals surface area contributed by atoms with Gasteiger partial charge in [0.2, 0.25) is 0 Å². The molecule has 0 aliphatic heterocycles. The summed E-state index contributed by atoms with van der Waals surface area (Å²) in [7, 11) is 0. The summed E-state index contributed by atoms with van der Waals surface area (Å²) in [5.74, 6) is -1.63. The second-order valence-corrected chi connectivity index (χ2v) is 5.30. The SMILES string of the molecule is Cc1cc(C)cc(C(=O)O[C@@H](C(=O)NC(N)=O)C(C)C)c1. The predicted molar refractivity (Wildman–Crippen MR) is 77.7 cm³/mol. The van der Waals surface area contributed by atoms with Gasteiger partial charge in [0.25, 0.3) is 5.91 Å². The van der Waals surface area contributed by atoms with E-state index in [1.807, 2.05) is 25.2 Å². The third-order valence-electron chi connectivity index (χ3n) is 2.80. The molecule has 0 aromatic heterocycles. The smallest absolute Gasteiger partial charge is 0.338 e. The van der Waals surface area contributed by atoms with Gasteiger partial charge in [-0.2, -0.15) is 0 Å². The molecule has 114 valence electrons. The number of carbonyl (C=O) groups excluding carboxylic acids is 3. The Bertz CT molecular complexity index is 547. The van der Waals surface area contributed by atoms with Crippen molar-refractivity contribution in [1.82, 2.24) is 5.32 Å². The van der Waals surface area contributed by atoms with Crippen LogP contribution in [0.25, 0.3) is 0 Å². The number of hydrogen-bond acceptors (Lipinski definition) is 4. The van der Waals surface area contributed by atoms with E-state index in [0.717, 1.165) is 11.1 Å². The molecule has 0 bridgehead atoms. The van der Waals surface area contributed by atoms with Gasteiger partial charge in [-0.1, -0.05) is 31.0 Å². The van der Waals surface area contributed by atoms with Gasteiger partial charge in [0.05, 0.1) is 5.56 Å². The highest BCUT2D eigenvalue weighted by atomic mass is 16.5. The number of primary amides is 1. The third kappa shape index (κ3) is 4.91. The molecule has 0 saturated heterocycles.